The fourth-order valence-electron chi connectivity index (χ4n) is 9.40. The maximum atomic E-state index is 16.0. The van der Waals surface area contributed by atoms with Gasteiger partial charge in [-0.2, -0.15) is 13.2 Å². The summed E-state index contributed by atoms with van der Waals surface area (Å²) >= 11 is 0. The van der Waals surface area contributed by atoms with Gasteiger partial charge in [-0.25, -0.2) is 37.1 Å². The van der Waals surface area contributed by atoms with Gasteiger partial charge in [0.1, 0.15) is 29.5 Å². The number of allylic oxidation sites excluding steroid dienone is 1. The molecule has 2 bridgehead atoms. The van der Waals surface area contributed by atoms with Gasteiger partial charge in [-0.05, 0) is 86.6 Å². The number of carbonyl (C=O) groups is 4. The second-order valence-electron chi connectivity index (χ2n) is 21.2. The standard InChI is InChI=1S/C54H67F7N10O8/c1-52(2,3)46(66-50(75)77-6)49(74)68-70(27-38-39(55)21-34(22-40(38)56)41(62)18-19-63-24-44(57)58)28-43(72)42(65-48(73)47(67-51(76)78-7)53(4,5)54(59,60)61)20-32-11-8-31(9-12-32)10-13-33-14-17-45(64-23-33)69-25-35-15-16-36(26-69)71(35)37-29-79-30-37/h8-9,11-12,14,17-19,21-23,35-37,42-44,46-47,72H,15-16,20,24-30,62H2,1-7H3,(H,65,73)(H,66,75)(H,67,76)(H,68,74)/t35?,36?,42-,43-,46+,47+/m0/s1. The van der Waals surface area contributed by atoms with Crippen LogP contribution in [0.25, 0.3) is 5.70 Å². The van der Waals surface area contributed by atoms with Crippen LogP contribution in [0.1, 0.15) is 75.3 Å². The molecular formula is C54H67F7N10O8. The largest absolute Gasteiger partial charge is 0.453 e. The Balaban J connectivity index is 1.28. The number of aliphatic hydroxyl groups excluding tert-OH is 1. The molecule has 3 aromatic rings. The Morgan fingerprint density at radius 1 is 0.873 bits per heavy atom. The van der Waals surface area contributed by atoms with Crippen LogP contribution in [0, 0.1) is 34.3 Å². The van der Waals surface area contributed by atoms with E-state index in [1.54, 1.807) is 51.2 Å². The lowest BCUT2D eigenvalue weighted by Gasteiger charge is -2.47. The third-order valence-corrected chi connectivity index (χ3v) is 14.0. The summed E-state index contributed by atoms with van der Waals surface area (Å²) in [5.74, 6) is 2.17. The number of alkyl halides is 5. The number of nitrogens with zero attached hydrogens (tertiary/aromatic N) is 5. The number of pyridine rings is 1. The quantitative estimate of drug-likeness (QED) is 0.0359. The molecule has 0 radical (unpaired) electrons. The molecule has 1 aromatic heterocycles. The Bertz CT molecular complexity index is 2710. The molecule has 6 rings (SSSR count). The molecule has 0 aliphatic carbocycles. The average Bonchev–Trinajstić information content (AvgIpc) is 3.95. The van der Waals surface area contributed by atoms with Crippen molar-refractivity contribution in [1.82, 2.24) is 36.3 Å². The zero-order valence-electron chi connectivity index (χ0n) is 44.8. The fourth-order valence-corrected chi connectivity index (χ4v) is 9.40. The first-order valence-corrected chi connectivity index (χ1v) is 25.4. The number of benzene rings is 2. The number of aliphatic hydroxyl groups is 1. The normalized spacial score (nSPS) is 18.7. The van der Waals surface area contributed by atoms with Gasteiger partial charge in [0.2, 0.25) is 5.91 Å². The zero-order valence-corrected chi connectivity index (χ0v) is 44.8. The van der Waals surface area contributed by atoms with Crippen molar-refractivity contribution in [3.05, 3.63) is 100 Å². The highest BCUT2D eigenvalue weighted by Crippen LogP contribution is 2.41. The fraction of sp³-hybridized carbons (Fsp3) is 0.519. The minimum Gasteiger partial charge on any atom is -0.453 e. The monoisotopic (exact) mass is 1120 g/mol. The summed E-state index contributed by atoms with van der Waals surface area (Å²) in [6.07, 6.45) is -6.54. The number of nitrogens with two attached hydrogens (primary N) is 1. The van der Waals surface area contributed by atoms with Crippen molar-refractivity contribution in [2.24, 2.45) is 21.6 Å². The molecule has 0 saturated carbocycles. The molecule has 18 nitrogen and oxygen atoms in total. The molecule has 0 spiro atoms. The van der Waals surface area contributed by atoms with Crippen molar-refractivity contribution >= 4 is 41.7 Å². The van der Waals surface area contributed by atoms with Crippen molar-refractivity contribution in [2.75, 3.05) is 58.5 Å². The summed E-state index contributed by atoms with van der Waals surface area (Å²) in [4.78, 5) is 66.1. The minimum absolute atomic E-state index is 0.220. The van der Waals surface area contributed by atoms with Crippen LogP contribution in [0.15, 0.2) is 65.8 Å². The van der Waals surface area contributed by atoms with Gasteiger partial charge in [-0.1, -0.05) is 44.7 Å². The number of piperazine rings is 1. The lowest BCUT2D eigenvalue weighted by molar-refractivity contribution is -0.220. The summed E-state index contributed by atoms with van der Waals surface area (Å²) in [7, 11) is 1.93. The Labute approximate surface area is 453 Å². The predicted octanol–water partition coefficient (Wildman–Crippen LogP) is 5.45. The van der Waals surface area contributed by atoms with E-state index in [-0.39, 0.29) is 17.7 Å². The van der Waals surface area contributed by atoms with E-state index in [2.05, 4.69) is 47.4 Å². The summed E-state index contributed by atoms with van der Waals surface area (Å²) in [5.41, 5.74) is 4.82. The number of carbonyl (C=O) groups excluding carboxylic acids is 4. The van der Waals surface area contributed by atoms with Crippen LogP contribution < -0.4 is 32.0 Å². The van der Waals surface area contributed by atoms with Gasteiger partial charge in [0.15, 0.2) is 0 Å². The van der Waals surface area contributed by atoms with Crippen LogP contribution in [0.3, 0.4) is 0 Å². The molecule has 79 heavy (non-hydrogen) atoms. The highest BCUT2D eigenvalue weighted by Gasteiger charge is 2.56. The molecule has 3 aliphatic heterocycles. The maximum absolute atomic E-state index is 16.0. The third-order valence-electron chi connectivity index (χ3n) is 14.0. The SMILES string of the molecule is COC(=O)N[C@H](C(=O)NN(Cc1c(F)cc(C(N)=CC=NCC(F)F)cc1F)C[C@H](O)[C@H](Cc1ccc(C#Cc2ccc(N3CC4CCC(C3)N4C3COC3)nc2)cc1)NC(=O)[C@@H](NC(=O)OC)C(C)(C)C(F)(F)F)C(C)(C)C. The molecule has 3 saturated heterocycles. The van der Waals surface area contributed by atoms with E-state index in [0.717, 1.165) is 88.6 Å². The Hall–Kier alpha value is -7.01. The van der Waals surface area contributed by atoms with Gasteiger partial charge in [0, 0.05) is 78.6 Å². The number of ether oxygens (including phenoxy) is 3. The van der Waals surface area contributed by atoms with Gasteiger partial charge in [-0.3, -0.25) is 24.9 Å². The smallest absolute Gasteiger partial charge is 0.407 e. The van der Waals surface area contributed by atoms with Crippen LogP contribution in [0.5, 0.6) is 0 Å². The zero-order chi connectivity index (χ0) is 58.0. The average molecular weight is 1120 g/mol. The van der Waals surface area contributed by atoms with E-state index >= 15 is 8.78 Å². The minimum atomic E-state index is -5.09. The van der Waals surface area contributed by atoms with Crippen LogP contribution in [-0.4, -0.2) is 159 Å². The second kappa shape index (κ2) is 26.3. The lowest BCUT2D eigenvalue weighted by Crippen LogP contribution is -2.63. The van der Waals surface area contributed by atoms with E-state index in [0.29, 0.717) is 48.7 Å². The Morgan fingerprint density at radius 3 is 1.97 bits per heavy atom. The summed E-state index contributed by atoms with van der Waals surface area (Å²) in [6, 6.07) is 7.94. The van der Waals surface area contributed by atoms with Gasteiger partial charge >= 0.3 is 18.4 Å². The number of halogens is 7. The molecule has 25 heteroatoms. The highest BCUT2D eigenvalue weighted by molar-refractivity contribution is 5.87. The molecule has 2 unspecified atom stereocenters. The van der Waals surface area contributed by atoms with Crippen molar-refractivity contribution in [3.63, 3.8) is 0 Å². The summed E-state index contributed by atoms with van der Waals surface area (Å²) < 4.78 is 116. The number of hydrogen-bond donors (Lipinski definition) is 6. The topological polar surface area (TPSA) is 225 Å². The van der Waals surface area contributed by atoms with E-state index in [4.69, 9.17) is 20.2 Å². The molecule has 3 fully saturated rings. The number of aromatic nitrogens is 1. The number of anilines is 1. The van der Waals surface area contributed by atoms with Crippen molar-refractivity contribution in [3.8, 4) is 11.8 Å². The summed E-state index contributed by atoms with van der Waals surface area (Å²) in [5, 5.41) is 19.7. The van der Waals surface area contributed by atoms with Gasteiger partial charge in [-0.15, -0.1) is 0 Å². The van der Waals surface area contributed by atoms with E-state index < -0.39 is 108 Å². The second-order valence-corrected chi connectivity index (χ2v) is 21.2. The first kappa shape index (κ1) is 61.2. The van der Waals surface area contributed by atoms with Crippen molar-refractivity contribution in [2.45, 2.75) is 115 Å². The molecule has 3 aliphatic rings. The molecule has 4 amide bonds. The van der Waals surface area contributed by atoms with Gasteiger partial charge in [0.25, 0.3) is 12.3 Å². The molecular weight excluding hydrogens is 1050 g/mol. The van der Waals surface area contributed by atoms with Crippen LogP contribution >= 0.6 is 0 Å². The third kappa shape index (κ3) is 16.1. The Morgan fingerprint density at radius 2 is 1.46 bits per heavy atom. The van der Waals surface area contributed by atoms with Crippen LogP contribution in [0.2, 0.25) is 0 Å². The van der Waals surface area contributed by atoms with Crippen LogP contribution in [-0.2, 0) is 36.8 Å². The molecule has 7 N–H and O–H groups in total. The van der Waals surface area contributed by atoms with Crippen molar-refractivity contribution < 1.29 is 69.2 Å². The number of amides is 4. The number of nitrogens with one attached hydrogen (secondary N) is 4. The van der Waals surface area contributed by atoms with Crippen LogP contribution in [0.4, 0.5) is 46.1 Å². The first-order chi connectivity index (χ1) is 37.2. The first-order valence-electron chi connectivity index (χ1n) is 25.4. The number of aliphatic imine (C=N–C) groups is 1. The van der Waals surface area contributed by atoms with E-state index in [1.165, 1.54) is 0 Å². The van der Waals surface area contributed by atoms with Crippen molar-refractivity contribution in [1.29, 1.82) is 0 Å². The molecule has 430 valence electrons. The number of hydrogen-bond acceptors (Lipinski definition) is 14. The lowest BCUT2D eigenvalue weighted by atomic mass is 9.82. The van der Waals surface area contributed by atoms with E-state index in [9.17, 15) is 46.2 Å². The molecule has 6 atom stereocenters. The summed E-state index contributed by atoms with van der Waals surface area (Å²) in [6.45, 7) is 6.84. The predicted molar refractivity (Wildman–Crippen MR) is 278 cm³/mol. The molecule has 2 aromatic carbocycles. The number of fused-ring (bicyclic) bond motifs is 2. The van der Waals surface area contributed by atoms with Gasteiger partial charge in [0.05, 0.1) is 57.6 Å². The highest BCUT2D eigenvalue weighted by atomic mass is 19.4. The Kier molecular flexibility index (Phi) is 20.4. The maximum Gasteiger partial charge on any atom is 0.407 e. The van der Waals surface area contributed by atoms with E-state index in [1.807, 2.05) is 17.4 Å². The number of hydrazine groups is 1. The number of alkyl carbamates (subject to hydrolysis) is 2. The van der Waals surface area contributed by atoms with Gasteiger partial charge < -0.3 is 45.9 Å². The molecule has 4 heterocycles. The number of rotatable bonds is 20. The number of methoxy groups -OCH3 is 2.